The minimum atomic E-state index is -3.66. The number of carbonyl (C=O) groups is 1. The van der Waals surface area contributed by atoms with Gasteiger partial charge in [0.1, 0.15) is 5.75 Å². The fraction of sp³-hybridized carbons (Fsp3) is 0.188. The van der Waals surface area contributed by atoms with Crippen LogP contribution in [0.5, 0.6) is 5.75 Å². The van der Waals surface area contributed by atoms with Crippen LogP contribution in [0.2, 0.25) is 0 Å². The standard InChI is InChI=1S/C16H19N3O4S/c1-12-3-9-15(10-4-12)24(21,22)18-11-17-16(20)19-13-5-7-14(23-2)8-6-13/h3-10,18H,11H2,1-2H3,(H2,17,19,20). The predicted molar refractivity (Wildman–Crippen MR) is 91.5 cm³/mol. The Labute approximate surface area is 141 Å². The van der Waals surface area contributed by atoms with Crippen molar-refractivity contribution < 1.29 is 17.9 Å². The summed E-state index contributed by atoms with van der Waals surface area (Å²) < 4.78 is 31.4. The number of urea groups is 1. The number of sulfonamides is 1. The summed E-state index contributed by atoms with van der Waals surface area (Å²) in [6.07, 6.45) is 0. The third-order valence-corrected chi connectivity index (χ3v) is 4.61. The van der Waals surface area contributed by atoms with E-state index in [0.717, 1.165) is 5.56 Å². The number of rotatable bonds is 6. The molecule has 2 aromatic rings. The van der Waals surface area contributed by atoms with Crippen LogP contribution in [-0.2, 0) is 10.0 Å². The van der Waals surface area contributed by atoms with Crippen LogP contribution in [0.4, 0.5) is 10.5 Å². The lowest BCUT2D eigenvalue weighted by molar-refractivity contribution is 0.252. The second-order valence-electron chi connectivity index (χ2n) is 5.00. The monoisotopic (exact) mass is 349 g/mol. The molecule has 2 aromatic carbocycles. The van der Waals surface area contributed by atoms with Crippen LogP contribution in [0.25, 0.3) is 0 Å². The molecule has 7 nitrogen and oxygen atoms in total. The number of nitrogens with one attached hydrogen (secondary N) is 3. The Morgan fingerprint density at radius 1 is 1.04 bits per heavy atom. The number of benzene rings is 2. The molecule has 0 saturated carbocycles. The summed E-state index contributed by atoms with van der Waals surface area (Å²) in [5.41, 5.74) is 1.53. The zero-order valence-corrected chi connectivity index (χ0v) is 14.2. The molecule has 0 radical (unpaired) electrons. The van der Waals surface area contributed by atoms with Crippen LogP contribution in [0.3, 0.4) is 0 Å². The number of methoxy groups -OCH3 is 1. The molecule has 0 heterocycles. The number of anilines is 1. The fourth-order valence-electron chi connectivity index (χ4n) is 1.86. The van der Waals surface area contributed by atoms with E-state index in [1.54, 1.807) is 43.5 Å². The molecule has 2 amide bonds. The molecular formula is C16H19N3O4S. The lowest BCUT2D eigenvalue weighted by atomic mass is 10.2. The number of ether oxygens (including phenoxy) is 1. The van der Waals surface area contributed by atoms with Crippen LogP contribution in [-0.4, -0.2) is 28.2 Å². The Morgan fingerprint density at radius 2 is 1.67 bits per heavy atom. The van der Waals surface area contributed by atoms with Crippen molar-refractivity contribution in [1.29, 1.82) is 0 Å². The first-order valence-electron chi connectivity index (χ1n) is 7.16. The van der Waals surface area contributed by atoms with E-state index >= 15 is 0 Å². The minimum Gasteiger partial charge on any atom is -0.497 e. The van der Waals surface area contributed by atoms with Gasteiger partial charge in [0, 0.05) is 5.69 Å². The molecule has 24 heavy (non-hydrogen) atoms. The Kier molecular flexibility index (Phi) is 5.78. The number of amides is 2. The quantitative estimate of drug-likeness (QED) is 0.696. The van der Waals surface area contributed by atoms with Gasteiger partial charge < -0.3 is 15.4 Å². The van der Waals surface area contributed by atoms with E-state index in [2.05, 4.69) is 15.4 Å². The number of carbonyl (C=O) groups excluding carboxylic acids is 1. The highest BCUT2D eigenvalue weighted by Gasteiger charge is 2.13. The van der Waals surface area contributed by atoms with E-state index in [9.17, 15) is 13.2 Å². The van der Waals surface area contributed by atoms with Gasteiger partial charge in [-0.15, -0.1) is 0 Å². The molecule has 0 saturated heterocycles. The molecule has 0 aromatic heterocycles. The lowest BCUT2D eigenvalue weighted by Gasteiger charge is -2.10. The predicted octanol–water partition coefficient (Wildman–Crippen LogP) is 2.06. The van der Waals surface area contributed by atoms with Gasteiger partial charge in [0.25, 0.3) is 0 Å². The van der Waals surface area contributed by atoms with Crippen LogP contribution < -0.4 is 20.1 Å². The molecule has 0 aliphatic rings. The van der Waals surface area contributed by atoms with Gasteiger partial charge >= 0.3 is 6.03 Å². The first-order chi connectivity index (χ1) is 11.4. The molecule has 0 bridgehead atoms. The van der Waals surface area contributed by atoms with Crippen molar-refractivity contribution in [2.24, 2.45) is 0 Å². The first-order valence-corrected chi connectivity index (χ1v) is 8.64. The molecule has 8 heteroatoms. The smallest absolute Gasteiger partial charge is 0.320 e. The van der Waals surface area contributed by atoms with Crippen LogP contribution >= 0.6 is 0 Å². The Balaban J connectivity index is 1.84. The largest absolute Gasteiger partial charge is 0.497 e. The maximum atomic E-state index is 12.1. The van der Waals surface area contributed by atoms with E-state index < -0.39 is 16.1 Å². The van der Waals surface area contributed by atoms with Crippen molar-refractivity contribution in [2.45, 2.75) is 11.8 Å². The molecule has 0 unspecified atom stereocenters. The van der Waals surface area contributed by atoms with Gasteiger partial charge in [-0.3, -0.25) is 0 Å². The van der Waals surface area contributed by atoms with E-state index in [1.807, 2.05) is 6.92 Å². The van der Waals surface area contributed by atoms with Gasteiger partial charge in [-0.05, 0) is 43.3 Å². The van der Waals surface area contributed by atoms with E-state index in [-0.39, 0.29) is 11.6 Å². The van der Waals surface area contributed by atoms with Gasteiger partial charge in [-0.2, -0.15) is 4.72 Å². The zero-order chi connectivity index (χ0) is 17.6. The summed E-state index contributed by atoms with van der Waals surface area (Å²) >= 11 is 0. The molecule has 128 valence electrons. The molecular weight excluding hydrogens is 330 g/mol. The number of hydrogen-bond acceptors (Lipinski definition) is 4. The van der Waals surface area contributed by atoms with E-state index in [0.29, 0.717) is 11.4 Å². The van der Waals surface area contributed by atoms with Crippen LogP contribution in [0.1, 0.15) is 5.56 Å². The Morgan fingerprint density at radius 3 is 2.25 bits per heavy atom. The molecule has 0 aliphatic heterocycles. The highest BCUT2D eigenvalue weighted by molar-refractivity contribution is 7.89. The molecule has 3 N–H and O–H groups in total. The highest BCUT2D eigenvalue weighted by Crippen LogP contribution is 2.14. The lowest BCUT2D eigenvalue weighted by Crippen LogP contribution is -2.39. The maximum Gasteiger partial charge on any atom is 0.320 e. The van der Waals surface area contributed by atoms with E-state index in [1.165, 1.54) is 12.1 Å². The summed E-state index contributed by atoms with van der Waals surface area (Å²) in [6.45, 7) is 1.65. The fourth-order valence-corrected chi connectivity index (χ4v) is 2.79. The van der Waals surface area contributed by atoms with Crippen molar-refractivity contribution in [3.8, 4) is 5.75 Å². The van der Waals surface area contributed by atoms with Gasteiger partial charge in [0.2, 0.25) is 10.0 Å². The third kappa shape index (κ3) is 4.97. The first kappa shape index (κ1) is 17.8. The average molecular weight is 349 g/mol. The highest BCUT2D eigenvalue weighted by atomic mass is 32.2. The van der Waals surface area contributed by atoms with Crippen LogP contribution in [0.15, 0.2) is 53.4 Å². The third-order valence-electron chi connectivity index (χ3n) is 3.19. The van der Waals surface area contributed by atoms with Gasteiger partial charge in [0.05, 0.1) is 18.7 Å². The van der Waals surface area contributed by atoms with Gasteiger partial charge in [-0.25, -0.2) is 13.2 Å². The van der Waals surface area contributed by atoms with Crippen molar-refractivity contribution in [3.63, 3.8) is 0 Å². The van der Waals surface area contributed by atoms with Crippen molar-refractivity contribution >= 4 is 21.7 Å². The Bertz CT molecular complexity index is 787. The number of aryl methyl sites for hydroxylation is 1. The van der Waals surface area contributed by atoms with Crippen molar-refractivity contribution in [2.75, 3.05) is 19.1 Å². The summed E-state index contributed by atoms with van der Waals surface area (Å²) in [5, 5.41) is 5.01. The topological polar surface area (TPSA) is 96.5 Å². The maximum absolute atomic E-state index is 12.1. The Hall–Kier alpha value is -2.58. The molecule has 0 fully saturated rings. The van der Waals surface area contributed by atoms with Crippen molar-refractivity contribution in [1.82, 2.24) is 10.0 Å². The molecule has 0 aliphatic carbocycles. The zero-order valence-electron chi connectivity index (χ0n) is 13.4. The second-order valence-corrected chi connectivity index (χ2v) is 6.76. The van der Waals surface area contributed by atoms with Gasteiger partial charge in [-0.1, -0.05) is 17.7 Å². The minimum absolute atomic E-state index is 0.144. The summed E-state index contributed by atoms with van der Waals surface area (Å²) in [6, 6.07) is 12.7. The summed E-state index contributed by atoms with van der Waals surface area (Å²) in [4.78, 5) is 11.9. The molecule has 0 spiro atoms. The van der Waals surface area contributed by atoms with Crippen LogP contribution in [0, 0.1) is 6.92 Å². The number of hydrogen-bond donors (Lipinski definition) is 3. The molecule has 2 rings (SSSR count). The summed E-state index contributed by atoms with van der Waals surface area (Å²) in [5.74, 6) is 0.673. The second kappa shape index (κ2) is 7.80. The van der Waals surface area contributed by atoms with Gasteiger partial charge in [0.15, 0.2) is 0 Å². The summed E-state index contributed by atoms with van der Waals surface area (Å²) in [7, 11) is -2.11. The van der Waals surface area contributed by atoms with E-state index in [4.69, 9.17) is 4.74 Å². The average Bonchev–Trinajstić information content (AvgIpc) is 2.56. The molecule has 0 atom stereocenters. The SMILES string of the molecule is COc1ccc(NC(=O)NCNS(=O)(=O)c2ccc(C)cc2)cc1. The van der Waals surface area contributed by atoms with Crippen molar-refractivity contribution in [3.05, 3.63) is 54.1 Å². The normalized spacial score (nSPS) is 10.9.